The molecule has 0 saturated heterocycles. The zero-order valence-corrected chi connectivity index (χ0v) is 8.02. The van der Waals surface area contributed by atoms with Crippen molar-refractivity contribution in [2.24, 2.45) is 5.41 Å². The van der Waals surface area contributed by atoms with Gasteiger partial charge in [0.1, 0.15) is 0 Å². The Morgan fingerprint density at radius 3 is 2.83 bits per heavy atom. The van der Waals surface area contributed by atoms with E-state index in [2.05, 4.69) is 6.08 Å². The molecular formula is C10H16O2. The molecule has 0 bridgehead atoms. The van der Waals surface area contributed by atoms with Crippen LogP contribution in [0.3, 0.4) is 0 Å². The van der Waals surface area contributed by atoms with Gasteiger partial charge in [-0.15, -0.1) is 0 Å². The molecule has 1 atom stereocenters. The minimum Gasteiger partial charge on any atom is -0.465 e. The average molecular weight is 168 g/mol. The molecule has 68 valence electrons. The van der Waals surface area contributed by atoms with Crippen LogP contribution in [0.4, 0.5) is 0 Å². The first-order valence-electron chi connectivity index (χ1n) is 4.45. The topological polar surface area (TPSA) is 26.3 Å². The maximum atomic E-state index is 11.5. The van der Waals surface area contributed by atoms with Crippen molar-refractivity contribution in [3.05, 3.63) is 11.6 Å². The summed E-state index contributed by atoms with van der Waals surface area (Å²) in [5.74, 6) is -0.0729. The van der Waals surface area contributed by atoms with Gasteiger partial charge in [0.05, 0.1) is 12.0 Å². The lowest BCUT2D eigenvalue weighted by Crippen LogP contribution is -2.28. The lowest BCUT2D eigenvalue weighted by Gasteiger charge is -2.23. The Morgan fingerprint density at radius 1 is 1.75 bits per heavy atom. The number of ether oxygens (including phenoxy) is 1. The van der Waals surface area contributed by atoms with Crippen LogP contribution in [0, 0.1) is 5.41 Å². The highest BCUT2D eigenvalue weighted by atomic mass is 16.5. The molecule has 0 saturated carbocycles. The van der Waals surface area contributed by atoms with Gasteiger partial charge in [-0.1, -0.05) is 11.6 Å². The third-order valence-corrected chi connectivity index (χ3v) is 2.69. The van der Waals surface area contributed by atoms with Gasteiger partial charge < -0.3 is 4.74 Å². The largest absolute Gasteiger partial charge is 0.465 e. The van der Waals surface area contributed by atoms with E-state index < -0.39 is 0 Å². The molecular weight excluding hydrogens is 152 g/mol. The first kappa shape index (κ1) is 9.30. The summed E-state index contributed by atoms with van der Waals surface area (Å²) >= 11 is 0. The summed E-state index contributed by atoms with van der Waals surface area (Å²) in [5.41, 5.74) is 0.816. The van der Waals surface area contributed by atoms with Crippen molar-refractivity contribution in [1.29, 1.82) is 0 Å². The molecule has 0 aliphatic heterocycles. The maximum absolute atomic E-state index is 11.5. The van der Waals surface area contributed by atoms with E-state index in [0.29, 0.717) is 6.61 Å². The number of rotatable bonds is 2. The van der Waals surface area contributed by atoms with E-state index in [1.165, 1.54) is 0 Å². The van der Waals surface area contributed by atoms with E-state index in [1.54, 1.807) is 0 Å². The lowest BCUT2D eigenvalue weighted by atomic mass is 9.84. The monoisotopic (exact) mass is 168 g/mol. The minimum atomic E-state index is -0.337. The van der Waals surface area contributed by atoms with Crippen molar-refractivity contribution >= 4 is 5.97 Å². The lowest BCUT2D eigenvalue weighted by molar-refractivity contribution is -0.152. The molecule has 0 aromatic heterocycles. The van der Waals surface area contributed by atoms with Crippen molar-refractivity contribution in [2.45, 2.75) is 33.6 Å². The van der Waals surface area contributed by atoms with Crippen molar-refractivity contribution in [3.8, 4) is 0 Å². The molecule has 0 spiro atoms. The molecule has 1 unspecified atom stereocenters. The van der Waals surface area contributed by atoms with Crippen LogP contribution in [0.5, 0.6) is 0 Å². The van der Waals surface area contributed by atoms with Crippen LogP contribution in [0.25, 0.3) is 0 Å². The second-order valence-corrected chi connectivity index (χ2v) is 3.48. The second kappa shape index (κ2) is 3.30. The fraction of sp³-hybridized carbons (Fsp3) is 0.700. The smallest absolute Gasteiger partial charge is 0.315 e. The highest BCUT2D eigenvalue weighted by molar-refractivity contribution is 5.80. The number of allylic oxidation sites excluding steroid dienone is 1. The third kappa shape index (κ3) is 1.38. The fourth-order valence-electron chi connectivity index (χ4n) is 1.55. The standard InChI is InChI=1S/C10H16O2/c1-4-12-9(11)10(3)7-5-6-8(10)2/h6H,4-5,7H2,1-3H3. The van der Waals surface area contributed by atoms with E-state index in [0.717, 1.165) is 18.4 Å². The van der Waals surface area contributed by atoms with Gasteiger partial charge in [-0.05, 0) is 33.6 Å². The Hall–Kier alpha value is -0.790. The van der Waals surface area contributed by atoms with Crippen LogP contribution in [0.2, 0.25) is 0 Å². The van der Waals surface area contributed by atoms with Crippen LogP contribution in [-0.2, 0) is 9.53 Å². The van der Waals surface area contributed by atoms with Gasteiger partial charge in [-0.25, -0.2) is 0 Å². The normalized spacial score (nSPS) is 28.4. The van der Waals surface area contributed by atoms with E-state index in [4.69, 9.17) is 4.74 Å². The summed E-state index contributed by atoms with van der Waals surface area (Å²) in [6.07, 6.45) is 4.02. The zero-order valence-electron chi connectivity index (χ0n) is 8.02. The summed E-state index contributed by atoms with van der Waals surface area (Å²) in [6, 6.07) is 0. The Balaban J connectivity index is 2.72. The Kier molecular flexibility index (Phi) is 2.55. The zero-order chi connectivity index (χ0) is 9.19. The summed E-state index contributed by atoms with van der Waals surface area (Å²) in [6.45, 7) is 6.28. The molecule has 2 nitrogen and oxygen atoms in total. The molecule has 0 radical (unpaired) electrons. The molecule has 2 heteroatoms. The first-order valence-corrected chi connectivity index (χ1v) is 4.45. The van der Waals surface area contributed by atoms with Crippen LogP contribution in [0.15, 0.2) is 11.6 Å². The van der Waals surface area contributed by atoms with Gasteiger partial charge in [0.25, 0.3) is 0 Å². The molecule has 0 aromatic carbocycles. The quantitative estimate of drug-likeness (QED) is 0.467. The van der Waals surface area contributed by atoms with Crippen molar-refractivity contribution in [1.82, 2.24) is 0 Å². The van der Waals surface area contributed by atoms with Gasteiger partial charge in [0, 0.05) is 0 Å². The molecule has 1 aliphatic carbocycles. The Labute approximate surface area is 73.6 Å². The highest BCUT2D eigenvalue weighted by Crippen LogP contribution is 2.39. The van der Waals surface area contributed by atoms with Gasteiger partial charge in [-0.2, -0.15) is 0 Å². The molecule has 0 aromatic rings. The van der Waals surface area contributed by atoms with Gasteiger partial charge in [-0.3, -0.25) is 4.79 Å². The average Bonchev–Trinajstić information content (AvgIpc) is 2.34. The molecule has 0 amide bonds. The van der Waals surface area contributed by atoms with Gasteiger partial charge >= 0.3 is 5.97 Å². The van der Waals surface area contributed by atoms with E-state index >= 15 is 0 Å². The third-order valence-electron chi connectivity index (χ3n) is 2.69. The predicted molar refractivity (Wildman–Crippen MR) is 47.7 cm³/mol. The summed E-state index contributed by atoms with van der Waals surface area (Å²) in [5, 5.41) is 0. The predicted octanol–water partition coefficient (Wildman–Crippen LogP) is 2.30. The molecule has 0 heterocycles. The SMILES string of the molecule is CCOC(=O)C1(C)CCC=C1C. The number of hydrogen-bond acceptors (Lipinski definition) is 2. The number of hydrogen-bond donors (Lipinski definition) is 0. The second-order valence-electron chi connectivity index (χ2n) is 3.48. The van der Waals surface area contributed by atoms with E-state index in [9.17, 15) is 4.79 Å². The van der Waals surface area contributed by atoms with Gasteiger partial charge in [0.15, 0.2) is 0 Å². The van der Waals surface area contributed by atoms with Gasteiger partial charge in [0.2, 0.25) is 0 Å². The van der Waals surface area contributed by atoms with Crippen molar-refractivity contribution in [2.75, 3.05) is 6.61 Å². The molecule has 1 aliphatic rings. The number of esters is 1. The molecule has 0 N–H and O–H groups in total. The summed E-state index contributed by atoms with van der Waals surface area (Å²) in [4.78, 5) is 11.5. The number of carbonyl (C=O) groups excluding carboxylic acids is 1. The fourth-order valence-corrected chi connectivity index (χ4v) is 1.55. The van der Waals surface area contributed by atoms with Crippen LogP contribution in [-0.4, -0.2) is 12.6 Å². The highest BCUT2D eigenvalue weighted by Gasteiger charge is 2.38. The van der Waals surface area contributed by atoms with Crippen LogP contribution in [0.1, 0.15) is 33.6 Å². The van der Waals surface area contributed by atoms with Crippen LogP contribution >= 0.6 is 0 Å². The molecule has 0 fully saturated rings. The minimum absolute atomic E-state index is 0.0729. The first-order chi connectivity index (χ1) is 5.61. The summed E-state index contributed by atoms with van der Waals surface area (Å²) < 4.78 is 5.02. The number of carbonyl (C=O) groups is 1. The molecule has 12 heavy (non-hydrogen) atoms. The van der Waals surface area contributed by atoms with Crippen LogP contribution < -0.4 is 0 Å². The Morgan fingerprint density at radius 2 is 2.42 bits per heavy atom. The van der Waals surface area contributed by atoms with Crippen molar-refractivity contribution < 1.29 is 9.53 Å². The molecule has 1 rings (SSSR count). The maximum Gasteiger partial charge on any atom is 0.315 e. The summed E-state index contributed by atoms with van der Waals surface area (Å²) in [7, 11) is 0. The van der Waals surface area contributed by atoms with E-state index in [1.807, 2.05) is 20.8 Å². The van der Waals surface area contributed by atoms with E-state index in [-0.39, 0.29) is 11.4 Å². The Bertz CT molecular complexity index is 218. The van der Waals surface area contributed by atoms with Crippen molar-refractivity contribution in [3.63, 3.8) is 0 Å².